The molecule has 16 heavy (non-hydrogen) atoms. The van der Waals surface area contributed by atoms with Crippen LogP contribution in [0.15, 0.2) is 4.99 Å². The molecule has 0 aromatic heterocycles. The lowest BCUT2D eigenvalue weighted by atomic mass is 9.53. The van der Waals surface area contributed by atoms with Gasteiger partial charge < -0.3 is 0 Å². The maximum absolute atomic E-state index is 4.77. The molecule has 0 aromatic rings. The molecule has 2 heterocycles. The zero-order chi connectivity index (χ0) is 11.9. The second-order valence-corrected chi connectivity index (χ2v) is 6.76. The number of rotatable bonds is 2. The van der Waals surface area contributed by atoms with Crippen LogP contribution < -0.4 is 0 Å². The van der Waals surface area contributed by atoms with Crippen LogP contribution in [0.5, 0.6) is 0 Å². The molecule has 0 aromatic carbocycles. The predicted octanol–water partition coefficient (Wildman–Crippen LogP) is 4.01. The van der Waals surface area contributed by atoms with Gasteiger partial charge in [-0.25, -0.2) is 0 Å². The van der Waals surface area contributed by atoms with Crippen LogP contribution in [-0.2, 0) is 0 Å². The maximum atomic E-state index is 4.77. The van der Waals surface area contributed by atoms with Crippen LogP contribution in [0.3, 0.4) is 0 Å². The third-order valence-electron chi connectivity index (χ3n) is 4.88. The van der Waals surface area contributed by atoms with Crippen molar-refractivity contribution in [3.05, 3.63) is 0 Å². The van der Waals surface area contributed by atoms with E-state index in [1.54, 1.807) is 0 Å². The number of hydrogen-bond donors (Lipinski definition) is 0. The van der Waals surface area contributed by atoms with Gasteiger partial charge in [0.1, 0.15) is 0 Å². The van der Waals surface area contributed by atoms with Crippen LogP contribution in [-0.4, -0.2) is 17.6 Å². The number of aliphatic imine (C=N–C) groups is 1. The molecule has 0 amide bonds. The van der Waals surface area contributed by atoms with Crippen molar-refractivity contribution in [2.75, 3.05) is 5.33 Å². The van der Waals surface area contributed by atoms with E-state index in [-0.39, 0.29) is 0 Å². The molecule has 92 valence electrons. The first kappa shape index (κ1) is 12.6. The number of nitrogens with zero attached hydrogens (tertiary/aromatic N) is 1. The number of fused-ring (bicyclic) bond motifs is 3. The Bertz CT molecular complexity index is 274. The van der Waals surface area contributed by atoms with Gasteiger partial charge in [0, 0.05) is 5.33 Å². The van der Waals surface area contributed by atoms with Gasteiger partial charge in [-0.05, 0) is 48.1 Å². The monoisotopic (exact) mass is 285 g/mol. The van der Waals surface area contributed by atoms with E-state index in [9.17, 15) is 0 Å². The summed E-state index contributed by atoms with van der Waals surface area (Å²) in [4.78, 5) is 4.77. The van der Waals surface area contributed by atoms with Gasteiger partial charge in [0.05, 0.1) is 6.04 Å². The van der Waals surface area contributed by atoms with E-state index in [4.69, 9.17) is 4.99 Å². The highest BCUT2D eigenvalue weighted by molar-refractivity contribution is 9.09. The highest BCUT2D eigenvalue weighted by atomic mass is 79.9. The average molecular weight is 286 g/mol. The molecule has 2 bridgehead atoms. The summed E-state index contributed by atoms with van der Waals surface area (Å²) in [6.45, 7) is 9.60. The topological polar surface area (TPSA) is 12.4 Å². The average Bonchev–Trinajstić information content (AvgIpc) is 2.21. The maximum Gasteiger partial charge on any atom is 0.0563 e. The van der Waals surface area contributed by atoms with E-state index in [0.29, 0.717) is 6.04 Å². The van der Waals surface area contributed by atoms with Crippen LogP contribution in [0.2, 0.25) is 0 Å². The van der Waals surface area contributed by atoms with Crippen LogP contribution in [0.1, 0.15) is 34.1 Å². The molecule has 3 rings (SSSR count). The van der Waals surface area contributed by atoms with Gasteiger partial charge in [0.25, 0.3) is 0 Å². The second kappa shape index (κ2) is 4.80. The van der Waals surface area contributed by atoms with Crippen molar-refractivity contribution in [1.82, 2.24) is 0 Å². The summed E-state index contributed by atoms with van der Waals surface area (Å²) in [6.07, 6.45) is 3.38. The van der Waals surface area contributed by atoms with E-state index in [2.05, 4.69) is 49.8 Å². The molecule has 3 aliphatic rings. The van der Waals surface area contributed by atoms with Gasteiger partial charge in [-0.3, -0.25) is 4.99 Å². The first-order valence-corrected chi connectivity index (χ1v) is 7.77. The summed E-state index contributed by atoms with van der Waals surface area (Å²) < 4.78 is 0. The lowest BCUT2D eigenvalue weighted by Crippen LogP contribution is -2.56. The predicted molar refractivity (Wildman–Crippen MR) is 74.3 cm³/mol. The minimum absolute atomic E-state index is 0.595. The lowest BCUT2D eigenvalue weighted by Gasteiger charge is -2.55. The number of alkyl halides is 1. The highest BCUT2D eigenvalue weighted by Crippen LogP contribution is 2.52. The van der Waals surface area contributed by atoms with E-state index in [0.717, 1.165) is 40.8 Å². The van der Waals surface area contributed by atoms with Crippen LogP contribution in [0.4, 0.5) is 0 Å². The van der Waals surface area contributed by atoms with E-state index >= 15 is 0 Å². The van der Waals surface area contributed by atoms with E-state index in [1.807, 2.05) is 0 Å². The summed E-state index contributed by atoms with van der Waals surface area (Å²) in [6, 6.07) is 0.595. The summed E-state index contributed by atoms with van der Waals surface area (Å²) in [5.74, 6) is 4.92. The van der Waals surface area contributed by atoms with Crippen molar-refractivity contribution in [3.63, 3.8) is 0 Å². The summed E-state index contributed by atoms with van der Waals surface area (Å²) >= 11 is 3.69. The van der Waals surface area contributed by atoms with Crippen molar-refractivity contribution in [3.8, 4) is 0 Å². The minimum Gasteiger partial charge on any atom is -0.294 e. The van der Waals surface area contributed by atoms with Crippen molar-refractivity contribution < 1.29 is 0 Å². The van der Waals surface area contributed by atoms with Crippen LogP contribution in [0.25, 0.3) is 0 Å². The Balaban J connectivity index is 2.27. The molecule has 2 heteroatoms. The van der Waals surface area contributed by atoms with Gasteiger partial charge in [0.2, 0.25) is 0 Å². The van der Waals surface area contributed by atoms with Crippen molar-refractivity contribution in [1.29, 1.82) is 0 Å². The lowest BCUT2D eigenvalue weighted by molar-refractivity contribution is -0.0259. The molecule has 1 fully saturated rings. The van der Waals surface area contributed by atoms with Gasteiger partial charge >= 0.3 is 0 Å². The van der Waals surface area contributed by atoms with Crippen molar-refractivity contribution in [2.24, 2.45) is 40.5 Å². The van der Waals surface area contributed by atoms with E-state index < -0.39 is 0 Å². The summed E-state index contributed by atoms with van der Waals surface area (Å²) in [7, 11) is 0. The Morgan fingerprint density at radius 1 is 1.38 bits per heavy atom. The fourth-order valence-electron chi connectivity index (χ4n) is 4.15. The molecule has 1 nitrogen and oxygen atoms in total. The van der Waals surface area contributed by atoms with Crippen LogP contribution in [0, 0.1) is 35.5 Å². The molecular weight excluding hydrogens is 262 g/mol. The SMILES string of the molecule is CC(C)C1C(C)C/C=N\C2C(C)C1C2CBr. The molecule has 0 spiro atoms. The quantitative estimate of drug-likeness (QED) is 0.680. The minimum atomic E-state index is 0.595. The molecule has 0 radical (unpaired) electrons. The third kappa shape index (κ3) is 1.87. The normalized spacial score (nSPS) is 49.4. The van der Waals surface area contributed by atoms with Gasteiger partial charge in [-0.1, -0.05) is 43.6 Å². The summed E-state index contributed by atoms with van der Waals surface area (Å²) in [5.41, 5.74) is 0. The second-order valence-electron chi connectivity index (χ2n) is 6.11. The van der Waals surface area contributed by atoms with Gasteiger partial charge in [-0.2, -0.15) is 0 Å². The Morgan fingerprint density at radius 2 is 2.06 bits per heavy atom. The van der Waals surface area contributed by atoms with Gasteiger partial charge in [0.15, 0.2) is 0 Å². The van der Waals surface area contributed by atoms with Crippen molar-refractivity contribution >= 4 is 22.1 Å². The Morgan fingerprint density at radius 3 is 2.62 bits per heavy atom. The fourth-order valence-corrected chi connectivity index (χ4v) is 4.97. The van der Waals surface area contributed by atoms with Crippen molar-refractivity contribution in [2.45, 2.75) is 40.2 Å². The molecule has 6 atom stereocenters. The number of hydrogen-bond acceptors (Lipinski definition) is 1. The molecule has 2 aliphatic heterocycles. The highest BCUT2D eigenvalue weighted by Gasteiger charge is 2.52. The first-order valence-electron chi connectivity index (χ1n) is 6.65. The number of halogens is 1. The molecule has 0 saturated heterocycles. The van der Waals surface area contributed by atoms with E-state index in [1.165, 1.54) is 6.42 Å². The Hall–Kier alpha value is 0.150. The third-order valence-corrected chi connectivity index (χ3v) is 5.63. The largest absolute Gasteiger partial charge is 0.294 e. The smallest absolute Gasteiger partial charge is 0.0563 e. The first-order chi connectivity index (χ1) is 7.57. The Labute approximate surface area is 108 Å². The van der Waals surface area contributed by atoms with Gasteiger partial charge in [-0.15, -0.1) is 0 Å². The molecule has 0 N–H and O–H groups in total. The standard InChI is InChI=1S/C14H24BrN/c1-8(2)12-9(3)5-6-16-14-10(4)13(12)11(14)7-15/h6,8-14H,5,7H2,1-4H3/b16-6-. The zero-order valence-electron chi connectivity index (χ0n) is 10.9. The molecular formula is C14H24BrN. The fraction of sp³-hybridized carbons (Fsp3) is 0.929. The summed E-state index contributed by atoms with van der Waals surface area (Å²) in [5, 5.41) is 1.12. The molecule has 6 unspecified atom stereocenters. The zero-order valence-corrected chi connectivity index (χ0v) is 12.4. The Kier molecular flexibility index (Phi) is 3.78. The molecule has 1 saturated carbocycles. The van der Waals surface area contributed by atoms with Crippen LogP contribution >= 0.6 is 15.9 Å². The molecule has 1 aliphatic carbocycles.